The Hall–Kier alpha value is -3.30. The van der Waals surface area contributed by atoms with Gasteiger partial charge in [-0.3, -0.25) is 9.59 Å². The molecule has 0 spiro atoms. The fourth-order valence-electron chi connectivity index (χ4n) is 4.17. The van der Waals surface area contributed by atoms with Crippen molar-refractivity contribution in [3.05, 3.63) is 70.2 Å². The summed E-state index contributed by atoms with van der Waals surface area (Å²) in [6.45, 7) is 10.4. The Morgan fingerprint density at radius 1 is 1.19 bits per heavy atom. The summed E-state index contributed by atoms with van der Waals surface area (Å²) in [7, 11) is 1.42. The molecule has 1 saturated heterocycles. The van der Waals surface area contributed by atoms with Gasteiger partial charge in [0.25, 0.3) is 11.7 Å². The third-order valence-electron chi connectivity index (χ3n) is 6.17. The molecule has 9 heteroatoms. The summed E-state index contributed by atoms with van der Waals surface area (Å²) in [5.74, 6) is -1.10. The van der Waals surface area contributed by atoms with E-state index in [2.05, 4.69) is 27.4 Å². The molecular formula is C27H31BrN2O6. The predicted molar refractivity (Wildman–Crippen MR) is 141 cm³/mol. The first-order valence-electron chi connectivity index (χ1n) is 11.7. The number of ketones is 1. The summed E-state index contributed by atoms with van der Waals surface area (Å²) in [5, 5.41) is 21.6. The summed E-state index contributed by atoms with van der Waals surface area (Å²) < 4.78 is 11.1. The molecule has 0 radical (unpaired) electrons. The number of ether oxygens (including phenoxy) is 2. The molecule has 1 aliphatic rings. The van der Waals surface area contributed by atoms with Crippen LogP contribution in [0.3, 0.4) is 0 Å². The fourth-order valence-corrected chi connectivity index (χ4v) is 4.63. The van der Waals surface area contributed by atoms with Gasteiger partial charge >= 0.3 is 0 Å². The monoisotopic (exact) mass is 558 g/mol. The number of likely N-dealkylation sites (N-methyl/N-ethyl adjacent to an activating group) is 1. The summed E-state index contributed by atoms with van der Waals surface area (Å²) in [6.07, 6.45) is 1.62. The number of aliphatic hydroxyl groups is 1. The number of hydrogen-bond donors (Lipinski definition) is 2. The summed E-state index contributed by atoms with van der Waals surface area (Å²) in [6, 6.07) is 8.92. The first-order valence-corrected chi connectivity index (χ1v) is 12.5. The number of carbonyl (C=O) groups excluding carboxylic acids is 2. The van der Waals surface area contributed by atoms with E-state index < -0.39 is 17.7 Å². The van der Waals surface area contributed by atoms with Crippen LogP contribution in [0.25, 0.3) is 5.76 Å². The van der Waals surface area contributed by atoms with Crippen molar-refractivity contribution in [2.24, 2.45) is 0 Å². The van der Waals surface area contributed by atoms with E-state index in [0.717, 1.165) is 13.1 Å². The molecule has 1 unspecified atom stereocenters. The maximum atomic E-state index is 13.3. The lowest BCUT2D eigenvalue weighted by Crippen LogP contribution is -2.38. The Kier molecular flexibility index (Phi) is 9.17. The Morgan fingerprint density at radius 2 is 1.86 bits per heavy atom. The number of amides is 1. The van der Waals surface area contributed by atoms with Gasteiger partial charge < -0.3 is 29.5 Å². The molecule has 1 amide bonds. The van der Waals surface area contributed by atoms with Gasteiger partial charge in [0.2, 0.25) is 0 Å². The van der Waals surface area contributed by atoms with E-state index in [9.17, 15) is 19.8 Å². The third-order valence-corrected chi connectivity index (χ3v) is 6.78. The molecule has 0 aliphatic carbocycles. The van der Waals surface area contributed by atoms with Crippen LogP contribution in [0.1, 0.15) is 31.0 Å². The molecular weight excluding hydrogens is 528 g/mol. The molecule has 0 bridgehead atoms. The van der Waals surface area contributed by atoms with Crippen LogP contribution in [0.2, 0.25) is 0 Å². The van der Waals surface area contributed by atoms with Crippen molar-refractivity contribution >= 4 is 33.4 Å². The number of rotatable bonds is 11. The summed E-state index contributed by atoms with van der Waals surface area (Å²) >= 11 is 3.32. The smallest absolute Gasteiger partial charge is 0.295 e. The number of aromatic hydroxyl groups is 1. The third kappa shape index (κ3) is 5.57. The minimum absolute atomic E-state index is 0.0288. The predicted octanol–water partition coefficient (Wildman–Crippen LogP) is 4.49. The van der Waals surface area contributed by atoms with E-state index in [4.69, 9.17) is 9.47 Å². The van der Waals surface area contributed by atoms with Gasteiger partial charge in [0, 0.05) is 18.7 Å². The number of hydrogen-bond acceptors (Lipinski definition) is 7. The van der Waals surface area contributed by atoms with Crippen LogP contribution in [0.4, 0.5) is 0 Å². The highest BCUT2D eigenvalue weighted by molar-refractivity contribution is 9.10. The average molecular weight is 559 g/mol. The van der Waals surface area contributed by atoms with Gasteiger partial charge in [0.1, 0.15) is 18.1 Å². The standard InChI is InChI=1S/C27H31BrN2O6/c1-5-14-36-19-10-8-17(9-11-19)24(31)22-23(18-15-20(28)25(32)21(16-18)35-4)30(27(34)26(22)33)13-12-29(6-2)7-3/h5,8-11,15-16,23,31-32H,1,6-7,12-14H2,2-4H3/b24-22-. The zero-order chi connectivity index (χ0) is 26.4. The second-order valence-corrected chi connectivity index (χ2v) is 9.05. The molecule has 1 atom stereocenters. The second-order valence-electron chi connectivity index (χ2n) is 8.20. The molecule has 1 aliphatic heterocycles. The lowest BCUT2D eigenvalue weighted by atomic mass is 9.95. The quantitative estimate of drug-likeness (QED) is 0.181. The Balaban J connectivity index is 2.13. The lowest BCUT2D eigenvalue weighted by molar-refractivity contribution is -0.140. The van der Waals surface area contributed by atoms with Crippen molar-refractivity contribution in [3.8, 4) is 17.2 Å². The molecule has 2 N–H and O–H groups in total. The van der Waals surface area contributed by atoms with E-state index in [-0.39, 0.29) is 29.4 Å². The van der Waals surface area contributed by atoms with E-state index in [1.165, 1.54) is 12.0 Å². The molecule has 0 saturated carbocycles. The largest absolute Gasteiger partial charge is 0.507 e. The number of likely N-dealkylation sites (tertiary alicyclic amines) is 1. The van der Waals surface area contributed by atoms with Crippen molar-refractivity contribution in [1.29, 1.82) is 0 Å². The van der Waals surface area contributed by atoms with Gasteiger partial charge in [-0.05, 0) is 71.0 Å². The number of benzene rings is 2. The van der Waals surface area contributed by atoms with Crippen molar-refractivity contribution in [3.63, 3.8) is 0 Å². The van der Waals surface area contributed by atoms with Gasteiger partial charge in [-0.1, -0.05) is 26.5 Å². The average Bonchev–Trinajstić information content (AvgIpc) is 3.14. The van der Waals surface area contributed by atoms with Crippen LogP contribution < -0.4 is 9.47 Å². The first-order chi connectivity index (χ1) is 17.3. The van der Waals surface area contributed by atoms with Crippen molar-refractivity contribution in [2.45, 2.75) is 19.9 Å². The SMILES string of the molecule is C=CCOc1ccc(/C(O)=C2/C(=O)C(=O)N(CCN(CC)CC)C2c2cc(Br)c(O)c(OC)c2)cc1. The maximum absolute atomic E-state index is 13.3. The molecule has 36 heavy (non-hydrogen) atoms. The van der Waals surface area contributed by atoms with E-state index >= 15 is 0 Å². The normalized spacial score (nSPS) is 17.0. The van der Waals surface area contributed by atoms with Gasteiger partial charge in [0.15, 0.2) is 11.5 Å². The summed E-state index contributed by atoms with van der Waals surface area (Å²) in [4.78, 5) is 30.1. The van der Waals surface area contributed by atoms with Crippen LogP contribution in [-0.4, -0.2) is 71.6 Å². The van der Waals surface area contributed by atoms with Crippen LogP contribution >= 0.6 is 15.9 Å². The molecule has 0 aromatic heterocycles. The minimum atomic E-state index is -0.872. The maximum Gasteiger partial charge on any atom is 0.295 e. The Morgan fingerprint density at radius 3 is 2.44 bits per heavy atom. The number of phenolic OH excluding ortho intramolecular Hbond substituents is 1. The van der Waals surface area contributed by atoms with Crippen molar-refractivity contribution in [2.75, 3.05) is 39.9 Å². The Bertz CT molecular complexity index is 1160. The van der Waals surface area contributed by atoms with E-state index in [1.807, 2.05) is 13.8 Å². The van der Waals surface area contributed by atoms with Crippen LogP contribution in [0.5, 0.6) is 17.2 Å². The van der Waals surface area contributed by atoms with Crippen LogP contribution in [0, 0.1) is 0 Å². The molecule has 2 aromatic carbocycles. The van der Waals surface area contributed by atoms with Gasteiger partial charge in [-0.15, -0.1) is 0 Å². The number of phenols is 1. The topological polar surface area (TPSA) is 99.5 Å². The van der Waals surface area contributed by atoms with Crippen LogP contribution in [-0.2, 0) is 9.59 Å². The fraction of sp³-hybridized carbons (Fsp3) is 0.333. The molecule has 192 valence electrons. The lowest BCUT2D eigenvalue weighted by Gasteiger charge is -2.28. The van der Waals surface area contributed by atoms with E-state index in [0.29, 0.717) is 34.5 Å². The van der Waals surface area contributed by atoms with Crippen molar-refractivity contribution in [1.82, 2.24) is 9.80 Å². The number of halogens is 1. The van der Waals surface area contributed by atoms with E-state index in [1.54, 1.807) is 42.5 Å². The first kappa shape index (κ1) is 27.3. The zero-order valence-corrected chi connectivity index (χ0v) is 22.2. The number of nitrogens with zero attached hydrogens (tertiary/aromatic N) is 2. The second kappa shape index (κ2) is 12.1. The molecule has 3 rings (SSSR count). The molecule has 2 aromatic rings. The Labute approximate surface area is 219 Å². The van der Waals surface area contributed by atoms with Crippen molar-refractivity contribution < 1.29 is 29.3 Å². The highest BCUT2D eigenvalue weighted by Gasteiger charge is 2.46. The van der Waals surface area contributed by atoms with Crippen LogP contribution in [0.15, 0.2) is 59.1 Å². The zero-order valence-electron chi connectivity index (χ0n) is 20.7. The summed E-state index contributed by atoms with van der Waals surface area (Å²) in [5.41, 5.74) is 0.860. The van der Waals surface area contributed by atoms with Gasteiger partial charge in [0.05, 0.1) is 23.2 Å². The minimum Gasteiger partial charge on any atom is -0.507 e. The number of Topliss-reactive ketones (excluding diaryl/α,β-unsaturated/α-hetero) is 1. The molecule has 1 heterocycles. The highest BCUT2D eigenvalue weighted by Crippen LogP contribution is 2.44. The van der Waals surface area contributed by atoms with Gasteiger partial charge in [-0.2, -0.15) is 0 Å². The molecule has 1 fully saturated rings. The van der Waals surface area contributed by atoms with Gasteiger partial charge in [-0.25, -0.2) is 0 Å². The number of methoxy groups -OCH3 is 1. The number of carbonyl (C=O) groups is 2. The highest BCUT2D eigenvalue weighted by atomic mass is 79.9. The number of aliphatic hydroxyl groups excluding tert-OH is 1. The molecule has 8 nitrogen and oxygen atoms in total.